The first-order chi connectivity index (χ1) is 12.3. The third-order valence-electron chi connectivity index (χ3n) is 5.31. The van der Waals surface area contributed by atoms with Crippen LogP contribution in [0.15, 0.2) is 42.5 Å². The molecule has 0 aliphatic carbocycles. The number of hydrogen-bond donors (Lipinski definition) is 0. The maximum Gasteiger partial charge on any atom is 0.238 e. The number of Topliss-reactive ketones (excluding diaryl/α,β-unsaturated/α-hetero) is 1. The van der Waals surface area contributed by atoms with Gasteiger partial charge in [0, 0.05) is 12.5 Å². The number of ketones is 1. The van der Waals surface area contributed by atoms with Gasteiger partial charge in [-0.05, 0) is 56.9 Å². The molecular weight excluding hydrogens is 322 g/mol. The second-order valence-corrected chi connectivity index (χ2v) is 7.69. The molecule has 3 rings (SSSR count). The SMILES string of the molecule is Cc1cc(C)c(C2C(=O)C(Cc3ccccc3)N(C(C)C)C2=O)c(C)c1. The lowest BCUT2D eigenvalue weighted by atomic mass is 9.86. The van der Waals surface area contributed by atoms with Crippen LogP contribution in [0.2, 0.25) is 0 Å². The number of amides is 1. The van der Waals surface area contributed by atoms with E-state index in [0.29, 0.717) is 6.42 Å². The van der Waals surface area contributed by atoms with Crippen LogP contribution in [0.3, 0.4) is 0 Å². The molecule has 26 heavy (non-hydrogen) atoms. The molecule has 1 aliphatic rings. The van der Waals surface area contributed by atoms with Gasteiger partial charge in [0.2, 0.25) is 5.91 Å². The highest BCUT2D eigenvalue weighted by atomic mass is 16.2. The summed E-state index contributed by atoms with van der Waals surface area (Å²) in [5.74, 6) is -0.699. The molecule has 3 nitrogen and oxygen atoms in total. The van der Waals surface area contributed by atoms with E-state index in [1.54, 1.807) is 4.90 Å². The lowest BCUT2D eigenvalue weighted by Gasteiger charge is -2.27. The third kappa shape index (κ3) is 3.18. The van der Waals surface area contributed by atoms with Crippen molar-refractivity contribution < 1.29 is 9.59 Å². The lowest BCUT2D eigenvalue weighted by Crippen LogP contribution is -2.41. The molecule has 1 aliphatic heterocycles. The van der Waals surface area contributed by atoms with E-state index in [-0.39, 0.29) is 17.7 Å². The van der Waals surface area contributed by atoms with Crippen LogP contribution in [-0.2, 0) is 16.0 Å². The van der Waals surface area contributed by atoms with Crippen LogP contribution >= 0.6 is 0 Å². The van der Waals surface area contributed by atoms with Gasteiger partial charge in [0.25, 0.3) is 0 Å². The number of rotatable bonds is 4. The second-order valence-electron chi connectivity index (χ2n) is 7.69. The number of hydrogen-bond acceptors (Lipinski definition) is 2. The molecule has 2 unspecified atom stereocenters. The normalized spacial score (nSPS) is 20.3. The Kier molecular flexibility index (Phi) is 4.99. The first-order valence-electron chi connectivity index (χ1n) is 9.28. The van der Waals surface area contributed by atoms with Crippen LogP contribution in [0.1, 0.15) is 47.6 Å². The monoisotopic (exact) mass is 349 g/mol. The lowest BCUT2D eigenvalue weighted by molar-refractivity contribution is -0.131. The molecular formula is C23H27NO2. The number of nitrogens with zero attached hydrogens (tertiary/aromatic N) is 1. The highest BCUT2D eigenvalue weighted by Gasteiger charge is 2.49. The fourth-order valence-electron chi connectivity index (χ4n) is 4.32. The summed E-state index contributed by atoms with van der Waals surface area (Å²) in [4.78, 5) is 28.4. The van der Waals surface area contributed by atoms with Crippen molar-refractivity contribution in [1.29, 1.82) is 0 Å². The van der Waals surface area contributed by atoms with Gasteiger partial charge in [0.15, 0.2) is 5.78 Å². The van der Waals surface area contributed by atoms with Gasteiger partial charge >= 0.3 is 0 Å². The van der Waals surface area contributed by atoms with E-state index in [4.69, 9.17) is 0 Å². The Hall–Kier alpha value is -2.42. The van der Waals surface area contributed by atoms with Gasteiger partial charge in [0.1, 0.15) is 5.92 Å². The minimum absolute atomic E-state index is 0.00350. The number of likely N-dealkylation sites (tertiary alicyclic amines) is 1. The first-order valence-corrected chi connectivity index (χ1v) is 9.28. The highest BCUT2D eigenvalue weighted by Crippen LogP contribution is 2.36. The topological polar surface area (TPSA) is 37.4 Å². The number of benzene rings is 2. The fraction of sp³-hybridized carbons (Fsp3) is 0.391. The average Bonchev–Trinajstić information content (AvgIpc) is 2.79. The Morgan fingerprint density at radius 2 is 1.54 bits per heavy atom. The summed E-state index contributed by atoms with van der Waals surface area (Å²) in [7, 11) is 0. The molecule has 3 heteroatoms. The average molecular weight is 349 g/mol. The summed E-state index contributed by atoms with van der Waals surface area (Å²) in [6.07, 6.45) is 0.573. The third-order valence-corrected chi connectivity index (χ3v) is 5.31. The Bertz CT molecular complexity index is 816. The zero-order chi connectivity index (χ0) is 19.0. The van der Waals surface area contributed by atoms with E-state index in [1.807, 2.05) is 65.0 Å². The van der Waals surface area contributed by atoms with Crippen molar-refractivity contribution in [2.45, 2.75) is 59.0 Å². The van der Waals surface area contributed by atoms with E-state index in [1.165, 1.54) is 0 Å². The minimum Gasteiger partial charge on any atom is -0.329 e. The molecule has 136 valence electrons. The summed E-state index contributed by atoms with van der Waals surface area (Å²) in [5, 5.41) is 0. The van der Waals surface area contributed by atoms with Crippen molar-refractivity contribution in [3.63, 3.8) is 0 Å². The molecule has 0 radical (unpaired) electrons. The quantitative estimate of drug-likeness (QED) is 0.779. The van der Waals surface area contributed by atoms with Crippen molar-refractivity contribution in [2.24, 2.45) is 0 Å². The second kappa shape index (κ2) is 7.06. The molecule has 0 N–H and O–H groups in total. The van der Waals surface area contributed by atoms with Gasteiger partial charge < -0.3 is 4.90 Å². The largest absolute Gasteiger partial charge is 0.329 e. The summed E-state index contributed by atoms with van der Waals surface area (Å²) < 4.78 is 0. The zero-order valence-electron chi connectivity index (χ0n) is 16.2. The molecule has 2 aromatic carbocycles. The molecule has 0 spiro atoms. The van der Waals surface area contributed by atoms with Gasteiger partial charge in [-0.2, -0.15) is 0 Å². The van der Waals surface area contributed by atoms with Crippen molar-refractivity contribution in [3.8, 4) is 0 Å². The van der Waals surface area contributed by atoms with Crippen LogP contribution in [0, 0.1) is 20.8 Å². The summed E-state index contributed by atoms with van der Waals surface area (Å²) >= 11 is 0. The van der Waals surface area contributed by atoms with Gasteiger partial charge in [-0.3, -0.25) is 9.59 Å². The molecule has 1 fully saturated rings. The van der Waals surface area contributed by atoms with Crippen LogP contribution < -0.4 is 0 Å². The number of carbonyl (C=O) groups excluding carboxylic acids is 2. The molecule has 0 aromatic heterocycles. The predicted molar refractivity (Wildman–Crippen MR) is 104 cm³/mol. The van der Waals surface area contributed by atoms with Crippen LogP contribution in [0.5, 0.6) is 0 Å². The van der Waals surface area contributed by atoms with E-state index in [0.717, 1.165) is 27.8 Å². The Morgan fingerprint density at radius 1 is 0.962 bits per heavy atom. The summed E-state index contributed by atoms with van der Waals surface area (Å²) in [6, 6.07) is 13.7. The maximum atomic E-state index is 13.4. The number of carbonyl (C=O) groups is 2. The number of aryl methyl sites for hydroxylation is 3. The van der Waals surface area contributed by atoms with Gasteiger partial charge in [-0.1, -0.05) is 48.0 Å². The van der Waals surface area contributed by atoms with Crippen LogP contribution in [-0.4, -0.2) is 28.7 Å². The molecule has 0 bridgehead atoms. The molecule has 2 aromatic rings. The van der Waals surface area contributed by atoms with Gasteiger partial charge in [-0.15, -0.1) is 0 Å². The molecule has 0 saturated carbocycles. The highest BCUT2D eigenvalue weighted by molar-refractivity contribution is 6.15. The maximum absolute atomic E-state index is 13.4. The Morgan fingerprint density at radius 3 is 2.08 bits per heavy atom. The Balaban J connectivity index is 2.03. The zero-order valence-corrected chi connectivity index (χ0v) is 16.2. The van der Waals surface area contributed by atoms with E-state index in [9.17, 15) is 9.59 Å². The summed E-state index contributed by atoms with van der Waals surface area (Å²) in [6.45, 7) is 10.0. The summed E-state index contributed by atoms with van der Waals surface area (Å²) in [5.41, 5.74) is 5.19. The van der Waals surface area contributed by atoms with Crippen molar-refractivity contribution >= 4 is 11.7 Å². The van der Waals surface area contributed by atoms with Crippen molar-refractivity contribution in [3.05, 3.63) is 70.3 Å². The van der Waals surface area contributed by atoms with Gasteiger partial charge in [-0.25, -0.2) is 0 Å². The molecule has 1 heterocycles. The van der Waals surface area contributed by atoms with Crippen LogP contribution in [0.25, 0.3) is 0 Å². The Labute approximate surface area is 156 Å². The van der Waals surface area contributed by atoms with E-state index in [2.05, 4.69) is 12.1 Å². The van der Waals surface area contributed by atoms with Crippen LogP contribution in [0.4, 0.5) is 0 Å². The fourth-order valence-corrected chi connectivity index (χ4v) is 4.32. The van der Waals surface area contributed by atoms with Crippen molar-refractivity contribution in [2.75, 3.05) is 0 Å². The van der Waals surface area contributed by atoms with E-state index >= 15 is 0 Å². The predicted octanol–water partition coefficient (Wildman–Crippen LogP) is 4.13. The molecule has 1 amide bonds. The standard InChI is InChI=1S/C23H27NO2/c1-14(2)24-19(13-18-9-7-6-8-10-18)22(25)21(23(24)26)20-16(4)11-15(3)12-17(20)5/h6-12,14,19,21H,13H2,1-5H3. The van der Waals surface area contributed by atoms with Gasteiger partial charge in [0.05, 0.1) is 6.04 Å². The van der Waals surface area contributed by atoms with E-state index < -0.39 is 12.0 Å². The molecule has 2 atom stereocenters. The molecule has 1 saturated heterocycles. The first kappa shape index (κ1) is 18.4. The van der Waals surface area contributed by atoms with Crippen molar-refractivity contribution in [1.82, 2.24) is 4.90 Å². The minimum atomic E-state index is -0.674. The smallest absolute Gasteiger partial charge is 0.238 e.